The van der Waals surface area contributed by atoms with Crippen molar-refractivity contribution in [2.24, 2.45) is 0 Å². The average Bonchev–Trinajstić information content (AvgIpc) is 3.37. The van der Waals surface area contributed by atoms with Crippen molar-refractivity contribution in [1.29, 1.82) is 0 Å². The molecule has 46 heavy (non-hydrogen) atoms. The Hall–Kier alpha value is -4.56. The van der Waals surface area contributed by atoms with E-state index in [1.807, 2.05) is 0 Å². The third-order valence-corrected chi connectivity index (χ3v) is 9.05. The predicted octanol–water partition coefficient (Wildman–Crippen LogP) is 2.13. The molecule has 3 aliphatic rings. The molecular weight excluding hydrogens is 600 g/mol. The highest BCUT2D eigenvalue weighted by molar-refractivity contribution is 5.65. The zero-order chi connectivity index (χ0) is 32.4. The van der Waals surface area contributed by atoms with Crippen LogP contribution < -0.4 is 9.47 Å². The molecule has 1 aliphatic carbocycles. The highest BCUT2D eigenvalue weighted by atomic mass is 16.7. The van der Waals surface area contributed by atoms with E-state index in [0.717, 1.165) is 0 Å². The molecule has 0 amide bonds. The molecule has 0 bridgehead atoms. The smallest absolute Gasteiger partial charge is 0.229 e. The zero-order valence-electron chi connectivity index (χ0n) is 24.1. The van der Waals surface area contributed by atoms with Gasteiger partial charge in [0.1, 0.15) is 65.0 Å². The fourth-order valence-electron chi connectivity index (χ4n) is 6.87. The van der Waals surface area contributed by atoms with Crippen molar-refractivity contribution in [3.05, 3.63) is 106 Å². The van der Waals surface area contributed by atoms with E-state index in [1.54, 1.807) is 24.3 Å². The van der Waals surface area contributed by atoms with Crippen molar-refractivity contribution in [1.82, 2.24) is 0 Å². The summed E-state index contributed by atoms with van der Waals surface area (Å²) >= 11 is 0. The summed E-state index contributed by atoms with van der Waals surface area (Å²) in [7, 11) is 0. The molecule has 1 saturated heterocycles. The maximum atomic E-state index is 12.2. The number of hydrogen-bond donors (Lipinski definition) is 9. The zero-order valence-corrected chi connectivity index (χ0v) is 24.1. The summed E-state index contributed by atoms with van der Waals surface area (Å²) in [6.45, 7) is -0.652. The monoisotopic (exact) mass is 632 g/mol. The molecule has 2 heterocycles. The normalized spacial score (nSPS) is 29.7. The van der Waals surface area contributed by atoms with Crippen molar-refractivity contribution >= 4 is 0 Å². The first-order valence-corrected chi connectivity index (χ1v) is 14.7. The van der Waals surface area contributed by atoms with E-state index in [2.05, 4.69) is 0 Å². The Bertz CT molecular complexity index is 1760. The van der Waals surface area contributed by atoms with Crippen LogP contribution in [0.5, 0.6) is 34.5 Å². The molecule has 0 spiro atoms. The van der Waals surface area contributed by atoms with E-state index in [0.29, 0.717) is 33.4 Å². The van der Waals surface area contributed by atoms with Gasteiger partial charge in [-0.3, -0.25) is 0 Å². The molecule has 4 aromatic rings. The van der Waals surface area contributed by atoms with Crippen LogP contribution in [0.4, 0.5) is 0 Å². The number of rotatable bonds is 5. The van der Waals surface area contributed by atoms with Gasteiger partial charge in [0.15, 0.2) is 0 Å². The molecule has 0 radical (unpaired) electrons. The van der Waals surface area contributed by atoms with E-state index in [1.165, 1.54) is 48.5 Å². The highest BCUT2D eigenvalue weighted by Crippen LogP contribution is 2.60. The number of phenolic OH excluding ortho intramolecular Hbond substituents is 4. The van der Waals surface area contributed by atoms with Crippen molar-refractivity contribution in [2.75, 3.05) is 6.61 Å². The van der Waals surface area contributed by atoms with Crippen molar-refractivity contribution in [2.45, 2.75) is 54.7 Å². The van der Waals surface area contributed by atoms with E-state index in [4.69, 9.17) is 14.2 Å². The maximum absolute atomic E-state index is 12.2. The topological polar surface area (TPSA) is 210 Å². The van der Waals surface area contributed by atoms with Crippen LogP contribution in [0.25, 0.3) is 0 Å². The van der Waals surface area contributed by atoms with Gasteiger partial charge in [-0.05, 0) is 58.7 Å². The molecule has 12 nitrogen and oxygen atoms in total. The summed E-state index contributed by atoms with van der Waals surface area (Å²) in [6.07, 6.45) is -9.80. The Morgan fingerprint density at radius 2 is 1.28 bits per heavy atom. The molecule has 4 aromatic carbocycles. The highest BCUT2D eigenvalue weighted by Gasteiger charge is 2.48. The summed E-state index contributed by atoms with van der Waals surface area (Å²) in [5.41, 5.74) is 2.87. The third-order valence-electron chi connectivity index (χ3n) is 9.05. The lowest BCUT2D eigenvalue weighted by Crippen LogP contribution is -2.60. The fraction of sp³-hybridized carbons (Fsp3) is 0.294. The Labute approximate surface area is 262 Å². The lowest BCUT2D eigenvalue weighted by molar-refractivity contribution is -0.277. The average molecular weight is 633 g/mol. The summed E-state index contributed by atoms with van der Waals surface area (Å²) in [6, 6.07) is 18.3. The maximum Gasteiger partial charge on any atom is 0.229 e. The quantitative estimate of drug-likeness (QED) is 0.155. The molecule has 0 unspecified atom stereocenters. The molecule has 7 rings (SSSR count). The van der Waals surface area contributed by atoms with E-state index >= 15 is 0 Å². The molecule has 0 saturated carbocycles. The van der Waals surface area contributed by atoms with Gasteiger partial charge in [-0.1, -0.05) is 24.3 Å². The Balaban J connectivity index is 1.42. The number of hydrogen-bond acceptors (Lipinski definition) is 12. The van der Waals surface area contributed by atoms with Gasteiger partial charge >= 0.3 is 0 Å². The molecule has 2 aliphatic heterocycles. The fourth-order valence-corrected chi connectivity index (χ4v) is 6.87. The van der Waals surface area contributed by atoms with E-state index in [9.17, 15) is 46.0 Å². The molecular formula is C34H32O12. The lowest BCUT2D eigenvalue weighted by atomic mass is 9.80. The van der Waals surface area contributed by atoms with Crippen molar-refractivity contribution in [3.8, 4) is 34.5 Å². The molecule has 0 aromatic heterocycles. The van der Waals surface area contributed by atoms with Crippen molar-refractivity contribution in [3.63, 3.8) is 0 Å². The van der Waals surface area contributed by atoms with Crippen LogP contribution in [0.1, 0.15) is 57.4 Å². The second-order valence-corrected chi connectivity index (χ2v) is 11.8. The predicted molar refractivity (Wildman–Crippen MR) is 159 cm³/mol. The molecule has 12 heteroatoms. The first-order valence-electron chi connectivity index (χ1n) is 14.7. The Morgan fingerprint density at radius 1 is 0.630 bits per heavy atom. The van der Waals surface area contributed by atoms with Crippen LogP contribution in [0.2, 0.25) is 0 Å². The minimum absolute atomic E-state index is 0.000276. The van der Waals surface area contributed by atoms with Gasteiger partial charge in [0.2, 0.25) is 6.29 Å². The second-order valence-electron chi connectivity index (χ2n) is 11.8. The van der Waals surface area contributed by atoms with Crippen molar-refractivity contribution < 1.29 is 60.2 Å². The summed E-state index contributed by atoms with van der Waals surface area (Å²) < 4.78 is 18.0. The van der Waals surface area contributed by atoms with Crippen LogP contribution in [0.15, 0.2) is 72.8 Å². The number of aromatic hydroxyl groups is 4. The molecule has 9 N–H and O–H groups in total. The van der Waals surface area contributed by atoms with Crippen LogP contribution in [0, 0.1) is 0 Å². The van der Waals surface area contributed by atoms with Gasteiger partial charge in [-0.25, -0.2) is 0 Å². The number of aliphatic hydroxyl groups is 5. The third kappa shape index (κ3) is 4.87. The van der Waals surface area contributed by atoms with Gasteiger partial charge in [-0.15, -0.1) is 0 Å². The van der Waals surface area contributed by atoms with Crippen LogP contribution >= 0.6 is 0 Å². The number of aliphatic hydroxyl groups excluding tert-OH is 5. The SMILES string of the molecule is OC[C@H]1O[C@@H](Oc2cc3c4c(c2)[C@H](O)[C@@H](c2ccc(O)cc2)c2c(O)cc(O)cc2[C@@H]4[C@@H](c2ccc(O)cc2)O3)[C@H](O)[C@@H](O)[C@@H]1O. The number of phenols is 4. The summed E-state index contributed by atoms with van der Waals surface area (Å²) in [5, 5.41) is 95.0. The minimum atomic E-state index is -1.69. The molecule has 1 fully saturated rings. The molecule has 9 atom stereocenters. The van der Waals surface area contributed by atoms with E-state index < -0.39 is 61.4 Å². The van der Waals surface area contributed by atoms with Gasteiger partial charge < -0.3 is 60.2 Å². The van der Waals surface area contributed by atoms with Crippen LogP contribution in [-0.4, -0.2) is 83.3 Å². The van der Waals surface area contributed by atoms with Gasteiger partial charge in [0.05, 0.1) is 18.6 Å². The molecule has 240 valence electrons. The Morgan fingerprint density at radius 3 is 1.93 bits per heavy atom. The minimum Gasteiger partial charge on any atom is -0.508 e. The first-order chi connectivity index (χ1) is 22.0. The van der Waals surface area contributed by atoms with Gasteiger partial charge in [-0.2, -0.15) is 0 Å². The lowest BCUT2D eigenvalue weighted by Gasteiger charge is -2.39. The number of ether oxygens (including phenoxy) is 3. The van der Waals surface area contributed by atoms with Gasteiger partial charge in [0, 0.05) is 29.2 Å². The van der Waals surface area contributed by atoms with Crippen LogP contribution in [-0.2, 0) is 4.74 Å². The first kappa shape index (κ1) is 30.1. The summed E-state index contributed by atoms with van der Waals surface area (Å²) in [4.78, 5) is 0. The summed E-state index contributed by atoms with van der Waals surface area (Å²) in [5.74, 6) is -1.69. The van der Waals surface area contributed by atoms with Crippen LogP contribution in [0.3, 0.4) is 0 Å². The standard InChI is InChI=1S/C34H32O12/c35-13-24-30(41)31(42)32(43)34(46-24)44-19-11-21-27-23(12-19)45-33(15-3-7-17(37)8-4-15)28(27)20-9-18(38)10-22(39)26(20)25(29(21)40)14-1-5-16(36)6-2-14/h1-12,24-25,28-43H,13H2/t24-,25+,28+,29+,30-,31+,32-,33-,34-/m1/s1. The second kappa shape index (κ2) is 11.4. The van der Waals surface area contributed by atoms with E-state index in [-0.39, 0.29) is 34.5 Å². The largest absolute Gasteiger partial charge is 0.508 e. The Kier molecular flexibility index (Phi) is 7.43. The van der Waals surface area contributed by atoms with Gasteiger partial charge in [0.25, 0.3) is 0 Å². The number of fused-ring (bicyclic) bond motifs is 2. The number of benzene rings is 4.